The highest BCUT2D eigenvalue weighted by Crippen LogP contribution is 2.48. The predicted octanol–water partition coefficient (Wildman–Crippen LogP) is -0.0127. The minimum absolute atomic E-state index is 0.0741. The van der Waals surface area contributed by atoms with Gasteiger partial charge in [0.05, 0.1) is 6.04 Å². The van der Waals surface area contributed by atoms with Gasteiger partial charge in [0.25, 0.3) is 0 Å². The molecule has 0 aromatic rings. The van der Waals surface area contributed by atoms with Crippen LogP contribution in [0.2, 0.25) is 0 Å². The summed E-state index contributed by atoms with van der Waals surface area (Å²) in [6, 6.07) is -0.593. The van der Waals surface area contributed by atoms with Crippen molar-refractivity contribution in [1.29, 1.82) is 0 Å². The Balaban J connectivity index is 1.73. The average molecular weight is 281 g/mol. The van der Waals surface area contributed by atoms with Crippen LogP contribution in [0, 0.1) is 5.41 Å². The van der Waals surface area contributed by atoms with Crippen molar-refractivity contribution in [2.75, 3.05) is 0 Å². The fraction of sp³-hybridized carbons (Fsp3) is 0.786. The Hall–Kier alpha value is -1.43. The number of nitrogens with one attached hydrogen (secondary N) is 1. The first-order chi connectivity index (χ1) is 9.43. The van der Waals surface area contributed by atoms with E-state index in [9.17, 15) is 14.4 Å². The summed E-state index contributed by atoms with van der Waals surface area (Å²) < 4.78 is 0. The van der Waals surface area contributed by atoms with Crippen molar-refractivity contribution in [1.82, 2.24) is 5.32 Å². The SMILES string of the molecule is NC(=O)CC[C@H](N)C(=O)NC1CCC2(CCC2=O)CC1. The molecule has 2 amide bonds. The van der Waals surface area contributed by atoms with Crippen molar-refractivity contribution in [2.24, 2.45) is 16.9 Å². The minimum atomic E-state index is -0.691. The molecule has 0 bridgehead atoms. The van der Waals surface area contributed by atoms with Gasteiger partial charge in [-0.2, -0.15) is 0 Å². The van der Waals surface area contributed by atoms with Crippen molar-refractivity contribution < 1.29 is 14.4 Å². The number of Topliss-reactive ketones (excluding diaryl/α,β-unsaturated/α-hetero) is 1. The first-order valence-electron chi connectivity index (χ1n) is 7.30. The molecule has 2 rings (SSSR count). The van der Waals surface area contributed by atoms with Crippen LogP contribution in [0.1, 0.15) is 51.4 Å². The van der Waals surface area contributed by atoms with Crippen molar-refractivity contribution in [3.63, 3.8) is 0 Å². The standard InChI is InChI=1S/C14H23N3O3/c15-10(1-2-12(16)19)13(20)17-9-3-6-14(7-4-9)8-5-11(14)18/h9-10H,1-8,15H2,(H2,16,19)(H,17,20)/t9?,10-,14?/m0/s1. The third-order valence-electron chi connectivity index (χ3n) is 4.75. The number of amides is 2. The Morgan fingerprint density at radius 1 is 1.30 bits per heavy atom. The number of hydrogen-bond acceptors (Lipinski definition) is 4. The monoisotopic (exact) mass is 281 g/mol. The maximum atomic E-state index is 11.9. The summed E-state index contributed by atoms with van der Waals surface area (Å²) in [6.45, 7) is 0. The molecule has 0 radical (unpaired) electrons. The highest BCUT2D eigenvalue weighted by Gasteiger charge is 2.47. The molecule has 2 aliphatic carbocycles. The lowest BCUT2D eigenvalue weighted by Gasteiger charge is -2.45. The maximum Gasteiger partial charge on any atom is 0.237 e. The first kappa shape index (κ1) is 15.0. The Kier molecular flexibility index (Phi) is 4.42. The molecule has 5 N–H and O–H groups in total. The quantitative estimate of drug-likeness (QED) is 0.657. The fourth-order valence-corrected chi connectivity index (χ4v) is 3.16. The van der Waals surface area contributed by atoms with E-state index in [1.165, 1.54) is 0 Å². The molecule has 0 aromatic heterocycles. The van der Waals surface area contributed by atoms with Gasteiger partial charge in [0.1, 0.15) is 5.78 Å². The van der Waals surface area contributed by atoms with Crippen LogP contribution in [0.15, 0.2) is 0 Å². The Labute approximate surface area is 118 Å². The van der Waals surface area contributed by atoms with Crippen LogP contribution in [0.5, 0.6) is 0 Å². The van der Waals surface area contributed by atoms with E-state index >= 15 is 0 Å². The maximum absolute atomic E-state index is 11.9. The Morgan fingerprint density at radius 3 is 2.40 bits per heavy atom. The molecule has 1 atom stereocenters. The molecule has 0 aromatic carbocycles. The topological polar surface area (TPSA) is 115 Å². The summed E-state index contributed by atoms with van der Waals surface area (Å²) in [5.74, 6) is -0.288. The molecule has 0 aliphatic heterocycles. The summed E-state index contributed by atoms with van der Waals surface area (Å²) in [5.41, 5.74) is 10.7. The van der Waals surface area contributed by atoms with E-state index in [4.69, 9.17) is 11.5 Å². The van der Waals surface area contributed by atoms with Gasteiger partial charge >= 0.3 is 0 Å². The van der Waals surface area contributed by atoms with E-state index in [0.717, 1.165) is 38.5 Å². The van der Waals surface area contributed by atoms with Gasteiger partial charge in [-0.15, -0.1) is 0 Å². The lowest BCUT2D eigenvalue weighted by atomic mass is 9.59. The van der Waals surface area contributed by atoms with Gasteiger partial charge in [0, 0.05) is 24.3 Å². The van der Waals surface area contributed by atoms with Crippen LogP contribution in [0.3, 0.4) is 0 Å². The first-order valence-corrected chi connectivity index (χ1v) is 7.30. The van der Waals surface area contributed by atoms with Gasteiger partial charge in [-0.1, -0.05) is 0 Å². The summed E-state index contributed by atoms with van der Waals surface area (Å²) in [7, 11) is 0. The van der Waals surface area contributed by atoms with Gasteiger partial charge in [-0.05, 0) is 38.5 Å². The van der Waals surface area contributed by atoms with Gasteiger partial charge in [0.15, 0.2) is 0 Å². The molecular formula is C14H23N3O3. The second kappa shape index (κ2) is 5.91. The van der Waals surface area contributed by atoms with E-state index in [2.05, 4.69) is 5.32 Å². The number of rotatable bonds is 5. The lowest BCUT2D eigenvalue weighted by molar-refractivity contribution is -0.141. The van der Waals surface area contributed by atoms with Crippen LogP contribution < -0.4 is 16.8 Å². The molecule has 112 valence electrons. The lowest BCUT2D eigenvalue weighted by Crippen LogP contribution is -2.50. The van der Waals surface area contributed by atoms with E-state index in [0.29, 0.717) is 5.78 Å². The third kappa shape index (κ3) is 3.17. The second-order valence-corrected chi connectivity index (χ2v) is 6.10. The highest BCUT2D eigenvalue weighted by atomic mass is 16.2. The molecule has 2 fully saturated rings. The Morgan fingerprint density at radius 2 is 1.95 bits per heavy atom. The summed E-state index contributed by atoms with van der Waals surface area (Å²) in [6.07, 6.45) is 5.52. The normalized spacial score (nSPS) is 30.6. The van der Waals surface area contributed by atoms with Crippen LogP contribution >= 0.6 is 0 Å². The number of nitrogens with two attached hydrogens (primary N) is 2. The molecule has 0 unspecified atom stereocenters. The summed E-state index contributed by atoms with van der Waals surface area (Å²) in [5, 5.41) is 2.92. The van der Waals surface area contributed by atoms with Crippen LogP contribution in [0.4, 0.5) is 0 Å². The largest absolute Gasteiger partial charge is 0.370 e. The zero-order valence-corrected chi connectivity index (χ0v) is 11.7. The molecule has 20 heavy (non-hydrogen) atoms. The van der Waals surface area contributed by atoms with Crippen molar-refractivity contribution >= 4 is 17.6 Å². The van der Waals surface area contributed by atoms with Crippen LogP contribution in [-0.2, 0) is 14.4 Å². The van der Waals surface area contributed by atoms with Crippen molar-refractivity contribution in [2.45, 2.75) is 63.5 Å². The van der Waals surface area contributed by atoms with Crippen LogP contribution in [0.25, 0.3) is 0 Å². The smallest absolute Gasteiger partial charge is 0.237 e. The molecule has 1 spiro atoms. The van der Waals surface area contributed by atoms with Gasteiger partial charge in [0.2, 0.25) is 11.8 Å². The van der Waals surface area contributed by atoms with E-state index < -0.39 is 11.9 Å². The molecule has 0 saturated heterocycles. The zero-order chi connectivity index (χ0) is 14.8. The fourth-order valence-electron chi connectivity index (χ4n) is 3.16. The van der Waals surface area contributed by atoms with Gasteiger partial charge < -0.3 is 16.8 Å². The molecular weight excluding hydrogens is 258 g/mol. The van der Waals surface area contributed by atoms with Gasteiger partial charge in [-0.3, -0.25) is 14.4 Å². The summed E-state index contributed by atoms with van der Waals surface area (Å²) >= 11 is 0. The zero-order valence-electron chi connectivity index (χ0n) is 11.7. The number of ketones is 1. The number of carbonyl (C=O) groups excluding carboxylic acids is 3. The number of primary amides is 1. The number of hydrogen-bond donors (Lipinski definition) is 3. The van der Waals surface area contributed by atoms with Crippen LogP contribution in [-0.4, -0.2) is 29.7 Å². The van der Waals surface area contributed by atoms with E-state index in [-0.39, 0.29) is 30.2 Å². The van der Waals surface area contributed by atoms with E-state index in [1.54, 1.807) is 0 Å². The molecule has 6 nitrogen and oxygen atoms in total. The predicted molar refractivity (Wildman–Crippen MR) is 73.5 cm³/mol. The molecule has 2 saturated carbocycles. The second-order valence-electron chi connectivity index (χ2n) is 6.10. The van der Waals surface area contributed by atoms with E-state index in [1.807, 2.05) is 0 Å². The minimum Gasteiger partial charge on any atom is -0.370 e. The molecule has 2 aliphatic rings. The highest BCUT2D eigenvalue weighted by molar-refractivity contribution is 5.90. The van der Waals surface area contributed by atoms with Gasteiger partial charge in [-0.25, -0.2) is 0 Å². The van der Waals surface area contributed by atoms with Crippen molar-refractivity contribution in [3.8, 4) is 0 Å². The Bertz CT molecular complexity index is 414. The third-order valence-corrected chi connectivity index (χ3v) is 4.75. The molecule has 0 heterocycles. The molecule has 6 heteroatoms. The number of carbonyl (C=O) groups is 3. The van der Waals surface area contributed by atoms with Crippen molar-refractivity contribution in [3.05, 3.63) is 0 Å². The summed E-state index contributed by atoms with van der Waals surface area (Å²) in [4.78, 5) is 34.2. The average Bonchev–Trinajstić information content (AvgIpc) is 2.43.